The van der Waals surface area contributed by atoms with Gasteiger partial charge in [0.1, 0.15) is 0 Å². The fourth-order valence-corrected chi connectivity index (χ4v) is 2.38. The molecular weight excluding hydrogens is 218 g/mol. The summed E-state index contributed by atoms with van der Waals surface area (Å²) in [4.78, 5) is 16.0. The lowest BCUT2D eigenvalue weighted by atomic mass is 10.0. The van der Waals surface area contributed by atoms with Gasteiger partial charge in [-0.15, -0.1) is 5.06 Å². The molecule has 2 aliphatic rings. The van der Waals surface area contributed by atoms with E-state index in [1.54, 1.807) is 6.08 Å². The number of hydrogen-bond acceptors (Lipinski definition) is 3. The molecule has 0 aromatic heterocycles. The molecule has 4 nitrogen and oxygen atoms in total. The molecule has 88 valence electrons. The second-order valence-corrected chi connectivity index (χ2v) is 4.37. The molecule has 2 unspecified atom stereocenters. The zero-order valence-electron chi connectivity index (χ0n) is 9.30. The van der Waals surface area contributed by atoms with Crippen molar-refractivity contribution in [3.05, 3.63) is 41.5 Å². The van der Waals surface area contributed by atoms with Crippen molar-refractivity contribution in [3.8, 4) is 0 Å². The number of hydroxylamine groups is 2. The quantitative estimate of drug-likeness (QED) is 0.638. The van der Waals surface area contributed by atoms with E-state index in [9.17, 15) is 4.79 Å². The van der Waals surface area contributed by atoms with Crippen LogP contribution < -0.4 is 0 Å². The van der Waals surface area contributed by atoms with Crippen molar-refractivity contribution in [2.45, 2.75) is 18.6 Å². The first-order valence-corrected chi connectivity index (χ1v) is 5.69. The van der Waals surface area contributed by atoms with Crippen LogP contribution in [-0.2, 0) is 15.4 Å². The molecule has 2 saturated heterocycles. The van der Waals surface area contributed by atoms with Gasteiger partial charge in [-0.05, 0) is 24.5 Å². The molecule has 2 aliphatic heterocycles. The molecule has 0 amide bonds. The highest BCUT2D eigenvalue weighted by molar-refractivity contribution is 5.85. The van der Waals surface area contributed by atoms with E-state index in [1.165, 1.54) is 6.42 Å². The summed E-state index contributed by atoms with van der Waals surface area (Å²) in [7, 11) is 0. The third-order valence-corrected chi connectivity index (χ3v) is 3.29. The van der Waals surface area contributed by atoms with Crippen LogP contribution in [0.25, 0.3) is 6.08 Å². The van der Waals surface area contributed by atoms with Crippen LogP contribution >= 0.6 is 0 Å². The van der Waals surface area contributed by atoms with Gasteiger partial charge in [0.15, 0.2) is 5.72 Å². The Morgan fingerprint density at radius 1 is 1.41 bits per heavy atom. The molecule has 0 radical (unpaired) electrons. The van der Waals surface area contributed by atoms with Gasteiger partial charge in [-0.2, -0.15) is 0 Å². The minimum absolute atomic E-state index is 0.172. The number of aliphatic carboxylic acids is 1. The monoisotopic (exact) mass is 231 g/mol. The van der Waals surface area contributed by atoms with Crippen LogP contribution in [0.4, 0.5) is 0 Å². The highest BCUT2D eigenvalue weighted by Gasteiger charge is 2.59. The maximum atomic E-state index is 10.4. The highest BCUT2D eigenvalue weighted by Crippen LogP contribution is 2.52. The Labute approximate surface area is 99.1 Å². The van der Waals surface area contributed by atoms with Gasteiger partial charge >= 0.3 is 5.97 Å². The summed E-state index contributed by atoms with van der Waals surface area (Å²) in [6.07, 6.45) is 4.94. The molecule has 0 bridgehead atoms. The number of nitrogens with zero attached hydrogens (tertiary/aromatic N) is 1. The van der Waals surface area contributed by atoms with Crippen molar-refractivity contribution in [2.75, 3.05) is 6.54 Å². The van der Waals surface area contributed by atoms with Gasteiger partial charge in [-0.3, -0.25) is 4.84 Å². The van der Waals surface area contributed by atoms with Gasteiger partial charge in [0, 0.05) is 18.2 Å². The average molecular weight is 231 g/mol. The second kappa shape index (κ2) is 3.68. The summed E-state index contributed by atoms with van der Waals surface area (Å²) >= 11 is 0. The summed E-state index contributed by atoms with van der Waals surface area (Å²) in [6, 6.07) is 7.85. The van der Waals surface area contributed by atoms with Crippen LogP contribution in [0.3, 0.4) is 0 Å². The van der Waals surface area contributed by atoms with Gasteiger partial charge in [-0.1, -0.05) is 24.3 Å². The average Bonchev–Trinajstić information content (AvgIpc) is 2.90. The number of carboxylic acids is 1. The number of carbonyl (C=O) groups is 1. The van der Waals surface area contributed by atoms with Crippen molar-refractivity contribution in [2.24, 2.45) is 0 Å². The van der Waals surface area contributed by atoms with Crippen LogP contribution in [0, 0.1) is 0 Å². The molecule has 3 rings (SSSR count). The predicted molar refractivity (Wildman–Crippen MR) is 61.8 cm³/mol. The van der Waals surface area contributed by atoms with E-state index in [0.29, 0.717) is 0 Å². The number of rotatable bonds is 3. The van der Waals surface area contributed by atoms with Crippen LogP contribution in [0.1, 0.15) is 24.0 Å². The summed E-state index contributed by atoms with van der Waals surface area (Å²) in [5, 5.41) is 10.5. The normalized spacial score (nSPS) is 30.5. The lowest BCUT2D eigenvalue weighted by Gasteiger charge is -2.06. The molecule has 4 heteroatoms. The fourth-order valence-electron chi connectivity index (χ4n) is 2.38. The van der Waals surface area contributed by atoms with E-state index in [0.717, 1.165) is 30.2 Å². The minimum atomic E-state index is -0.930. The van der Waals surface area contributed by atoms with E-state index in [4.69, 9.17) is 9.94 Å². The highest BCUT2D eigenvalue weighted by atomic mass is 16.9. The van der Waals surface area contributed by atoms with Gasteiger partial charge in [-0.25, -0.2) is 4.79 Å². The van der Waals surface area contributed by atoms with E-state index in [1.807, 2.05) is 29.3 Å². The molecular formula is C13H13NO3. The van der Waals surface area contributed by atoms with Crippen molar-refractivity contribution in [1.82, 2.24) is 5.06 Å². The Balaban J connectivity index is 1.79. The maximum absolute atomic E-state index is 10.4. The molecule has 1 aromatic carbocycles. The molecule has 2 atom stereocenters. The SMILES string of the molecule is O=C(O)/C=C/c1ccc(C23CCCN2O3)cc1. The van der Waals surface area contributed by atoms with Crippen LogP contribution in [0.15, 0.2) is 30.3 Å². The third-order valence-electron chi connectivity index (χ3n) is 3.29. The molecule has 0 saturated carbocycles. The Morgan fingerprint density at radius 2 is 2.18 bits per heavy atom. The van der Waals surface area contributed by atoms with Gasteiger partial charge in [0.25, 0.3) is 0 Å². The number of fused-ring (bicyclic) bond motifs is 1. The topological polar surface area (TPSA) is 52.8 Å². The lowest BCUT2D eigenvalue weighted by molar-refractivity contribution is -0.131. The smallest absolute Gasteiger partial charge is 0.328 e. The van der Waals surface area contributed by atoms with Crippen LogP contribution in [-0.4, -0.2) is 22.7 Å². The van der Waals surface area contributed by atoms with Crippen LogP contribution in [0.5, 0.6) is 0 Å². The Morgan fingerprint density at radius 3 is 2.71 bits per heavy atom. The van der Waals surface area contributed by atoms with Crippen LogP contribution in [0.2, 0.25) is 0 Å². The molecule has 0 spiro atoms. The zero-order valence-corrected chi connectivity index (χ0v) is 9.30. The Hall–Kier alpha value is -1.65. The van der Waals surface area contributed by atoms with Crippen molar-refractivity contribution in [3.63, 3.8) is 0 Å². The van der Waals surface area contributed by atoms with E-state index >= 15 is 0 Å². The van der Waals surface area contributed by atoms with Gasteiger partial charge in [0.2, 0.25) is 0 Å². The van der Waals surface area contributed by atoms with Gasteiger partial charge < -0.3 is 5.11 Å². The summed E-state index contributed by atoms with van der Waals surface area (Å²) < 4.78 is 0. The predicted octanol–water partition coefficient (Wildman–Crippen LogP) is 1.98. The molecule has 1 aromatic rings. The van der Waals surface area contributed by atoms with Gasteiger partial charge in [0.05, 0.1) is 0 Å². The maximum Gasteiger partial charge on any atom is 0.328 e. The zero-order chi connectivity index (χ0) is 11.9. The third kappa shape index (κ3) is 1.75. The minimum Gasteiger partial charge on any atom is -0.478 e. The Kier molecular flexibility index (Phi) is 2.28. The number of carboxylic acid groups (broad SMARTS) is 1. The summed E-state index contributed by atoms with van der Waals surface area (Å²) in [5.74, 6) is -0.930. The summed E-state index contributed by atoms with van der Waals surface area (Å²) in [6.45, 7) is 1.00. The van der Waals surface area contributed by atoms with Crippen molar-refractivity contribution >= 4 is 12.0 Å². The number of hydrogen-bond donors (Lipinski definition) is 1. The summed E-state index contributed by atoms with van der Waals surface area (Å²) in [5.41, 5.74) is 1.87. The standard InChI is InChI=1S/C13H13NO3/c15-12(16)7-4-10-2-5-11(6-3-10)13-8-1-9-14(13)17-13/h2-7H,1,8-9H2,(H,15,16)/b7-4+. The fraction of sp³-hybridized carbons (Fsp3) is 0.308. The molecule has 17 heavy (non-hydrogen) atoms. The number of benzene rings is 1. The Bertz CT molecular complexity index is 480. The van der Waals surface area contributed by atoms with E-state index in [-0.39, 0.29) is 5.72 Å². The molecule has 2 heterocycles. The van der Waals surface area contributed by atoms with E-state index in [2.05, 4.69) is 0 Å². The van der Waals surface area contributed by atoms with E-state index < -0.39 is 5.97 Å². The largest absolute Gasteiger partial charge is 0.478 e. The first-order chi connectivity index (χ1) is 8.21. The lowest BCUT2D eigenvalue weighted by Crippen LogP contribution is -2.08. The second-order valence-electron chi connectivity index (χ2n) is 4.37. The van der Waals surface area contributed by atoms with Crippen molar-refractivity contribution in [1.29, 1.82) is 0 Å². The van der Waals surface area contributed by atoms with Crippen molar-refractivity contribution < 1.29 is 14.7 Å². The first kappa shape index (κ1) is 10.5. The molecule has 2 fully saturated rings. The first-order valence-electron chi connectivity index (χ1n) is 5.69. The molecule has 0 aliphatic carbocycles. The molecule has 1 N–H and O–H groups in total.